The van der Waals surface area contributed by atoms with Crippen LogP contribution in [0.4, 0.5) is 17.1 Å². The lowest BCUT2D eigenvalue weighted by Gasteiger charge is -2.30. The Labute approximate surface area is 439 Å². The fourth-order valence-corrected chi connectivity index (χ4v) is 11.4. The minimum absolute atomic E-state index is 0.0236. The highest BCUT2D eigenvalue weighted by atomic mass is 16.3. The van der Waals surface area contributed by atoms with Gasteiger partial charge in [-0.15, -0.1) is 0 Å². The van der Waals surface area contributed by atoms with Gasteiger partial charge in [0, 0.05) is 44.0 Å². The van der Waals surface area contributed by atoms with Crippen LogP contribution in [-0.2, 0) is 10.8 Å². The summed E-state index contributed by atoms with van der Waals surface area (Å²) in [6.45, 7) is 13.9. The van der Waals surface area contributed by atoms with E-state index in [-0.39, 0.29) is 10.8 Å². The molecule has 0 bridgehead atoms. The summed E-state index contributed by atoms with van der Waals surface area (Å²) in [5.41, 5.74) is 20.5. The first kappa shape index (κ1) is 45.9. The summed E-state index contributed by atoms with van der Waals surface area (Å²) in [6.07, 6.45) is 0. The summed E-state index contributed by atoms with van der Waals surface area (Å²) in [5.74, 6) is 0. The van der Waals surface area contributed by atoms with Crippen molar-refractivity contribution in [2.45, 2.75) is 52.4 Å². The lowest BCUT2D eigenvalue weighted by molar-refractivity contribution is 0.569. The summed E-state index contributed by atoms with van der Waals surface area (Å²) < 4.78 is 8.73. The van der Waals surface area contributed by atoms with Crippen LogP contribution in [0.3, 0.4) is 0 Å². The number of rotatable bonds is 8. The predicted octanol–water partition coefficient (Wildman–Crippen LogP) is 20.6. The maximum absolute atomic E-state index is 6.35. The summed E-state index contributed by atoms with van der Waals surface area (Å²) in [7, 11) is 0. The van der Waals surface area contributed by atoms with Gasteiger partial charge in [0.05, 0.1) is 22.4 Å². The first-order valence-corrected chi connectivity index (χ1v) is 26.2. The maximum atomic E-state index is 6.35. The summed E-state index contributed by atoms with van der Waals surface area (Å²) >= 11 is 0. The summed E-state index contributed by atoms with van der Waals surface area (Å²) in [4.78, 5) is 2.47. The van der Waals surface area contributed by atoms with E-state index in [2.05, 4.69) is 288 Å². The van der Waals surface area contributed by atoms with Crippen molar-refractivity contribution in [3.05, 3.63) is 254 Å². The minimum Gasteiger partial charge on any atom is -0.456 e. The molecule has 13 aromatic rings. The molecule has 11 aromatic carbocycles. The predicted molar refractivity (Wildman–Crippen MR) is 319 cm³/mol. The molecule has 3 heteroatoms. The van der Waals surface area contributed by atoms with Gasteiger partial charge < -0.3 is 13.9 Å². The van der Waals surface area contributed by atoms with Crippen LogP contribution in [0.2, 0.25) is 0 Å². The molecule has 362 valence electrons. The molecule has 0 amide bonds. The number of furan rings is 1. The molecule has 2 aromatic heterocycles. The van der Waals surface area contributed by atoms with E-state index in [0.29, 0.717) is 0 Å². The lowest BCUT2D eigenvalue weighted by Crippen LogP contribution is -2.16. The van der Waals surface area contributed by atoms with Crippen LogP contribution in [0.25, 0.3) is 105 Å². The molecule has 0 fully saturated rings. The molecule has 0 atom stereocenters. The SMILES string of the molecule is CC(C)(C)c1cc(-c2cccc3cccc(-c4ccccc4N(c4ccc(-c5ccc6c(c5)c5ccccc5n6-c5ccccc5)cc4)c4ccccc4-c4ccc5oc6ccccc6c5c4)c23)cc(C(C)(C)C)c1. The van der Waals surface area contributed by atoms with Crippen molar-refractivity contribution < 1.29 is 4.42 Å². The van der Waals surface area contributed by atoms with E-state index in [1.54, 1.807) is 0 Å². The van der Waals surface area contributed by atoms with E-state index >= 15 is 0 Å². The molecular weight excluding hydrogens is 909 g/mol. The fourth-order valence-electron chi connectivity index (χ4n) is 11.4. The van der Waals surface area contributed by atoms with Gasteiger partial charge in [-0.1, -0.05) is 211 Å². The third-order valence-corrected chi connectivity index (χ3v) is 15.3. The zero-order valence-corrected chi connectivity index (χ0v) is 43.4. The van der Waals surface area contributed by atoms with Crippen molar-refractivity contribution >= 4 is 71.6 Å². The van der Waals surface area contributed by atoms with Gasteiger partial charge >= 0.3 is 0 Å². The molecule has 0 saturated heterocycles. The van der Waals surface area contributed by atoms with E-state index in [1.807, 2.05) is 6.07 Å². The van der Waals surface area contributed by atoms with Gasteiger partial charge in [0.2, 0.25) is 0 Å². The molecule has 0 N–H and O–H groups in total. The first-order chi connectivity index (χ1) is 36.5. The summed E-state index contributed by atoms with van der Waals surface area (Å²) in [6, 6.07) is 89.2. The Balaban J connectivity index is 1.01. The number of hydrogen-bond donors (Lipinski definition) is 0. The Morgan fingerprint density at radius 1 is 0.347 bits per heavy atom. The number of nitrogens with zero attached hydrogens (tertiary/aromatic N) is 2. The van der Waals surface area contributed by atoms with Crippen LogP contribution in [0.5, 0.6) is 0 Å². The lowest BCUT2D eigenvalue weighted by atomic mass is 9.78. The van der Waals surface area contributed by atoms with Gasteiger partial charge in [0.1, 0.15) is 11.2 Å². The van der Waals surface area contributed by atoms with Crippen LogP contribution in [0.1, 0.15) is 52.7 Å². The quantitative estimate of drug-likeness (QED) is 0.151. The minimum atomic E-state index is -0.0236. The number of aromatic nitrogens is 1. The highest BCUT2D eigenvalue weighted by Crippen LogP contribution is 2.49. The molecule has 13 rings (SSSR count). The van der Waals surface area contributed by atoms with Gasteiger partial charge in [0.15, 0.2) is 0 Å². The average molecular weight is 967 g/mol. The van der Waals surface area contributed by atoms with E-state index in [4.69, 9.17) is 4.42 Å². The molecule has 75 heavy (non-hydrogen) atoms. The van der Waals surface area contributed by atoms with Gasteiger partial charge in [-0.3, -0.25) is 0 Å². The Hall–Kier alpha value is -8.92. The highest BCUT2D eigenvalue weighted by Gasteiger charge is 2.25. The van der Waals surface area contributed by atoms with Crippen molar-refractivity contribution in [3.63, 3.8) is 0 Å². The van der Waals surface area contributed by atoms with Crippen LogP contribution < -0.4 is 4.90 Å². The Kier molecular flexibility index (Phi) is 11.0. The zero-order chi connectivity index (χ0) is 51.0. The topological polar surface area (TPSA) is 21.3 Å². The van der Waals surface area contributed by atoms with E-state index in [9.17, 15) is 0 Å². The van der Waals surface area contributed by atoms with Gasteiger partial charge in [-0.25, -0.2) is 0 Å². The molecule has 0 aliphatic rings. The molecule has 3 nitrogen and oxygen atoms in total. The number of fused-ring (bicyclic) bond motifs is 7. The standard InChI is InChI=1S/C72H58N2O/c1-71(2,3)52-42-51(43-53(46-52)72(4,5)6)57-28-18-20-48-21-19-29-61(70(48)57)58-25-11-15-31-65(58)74(64-30-14-10-24-56(64)50-37-41-69-63(45-50)60-27-13-17-33-68(60)75-69)55-38-34-47(35-39-55)49-36-40-67-62(44-49)59-26-12-16-32-66(59)73(67)54-22-8-7-9-23-54/h7-46H,1-6H3. The third kappa shape index (κ3) is 8.07. The third-order valence-electron chi connectivity index (χ3n) is 15.3. The highest BCUT2D eigenvalue weighted by molar-refractivity contribution is 6.12. The zero-order valence-electron chi connectivity index (χ0n) is 43.4. The first-order valence-electron chi connectivity index (χ1n) is 26.2. The van der Waals surface area contributed by atoms with E-state index in [0.717, 1.165) is 66.9 Å². The van der Waals surface area contributed by atoms with Gasteiger partial charge in [0.25, 0.3) is 0 Å². The number of hydrogen-bond acceptors (Lipinski definition) is 2. The van der Waals surface area contributed by atoms with Crippen molar-refractivity contribution in [2.75, 3.05) is 4.90 Å². The van der Waals surface area contributed by atoms with Crippen LogP contribution >= 0.6 is 0 Å². The molecular formula is C72H58N2O. The van der Waals surface area contributed by atoms with Crippen LogP contribution in [0.15, 0.2) is 247 Å². The number of para-hydroxylation sites is 5. The average Bonchev–Trinajstić information content (AvgIpc) is 3.98. The van der Waals surface area contributed by atoms with E-state index < -0.39 is 0 Å². The molecule has 2 heterocycles. The Bertz CT molecular complexity index is 4270. The van der Waals surface area contributed by atoms with Gasteiger partial charge in [-0.05, 0) is 139 Å². The second-order valence-electron chi connectivity index (χ2n) is 22.2. The monoisotopic (exact) mass is 966 g/mol. The number of anilines is 3. The fraction of sp³-hybridized carbons (Fsp3) is 0.111. The maximum Gasteiger partial charge on any atom is 0.135 e. The second kappa shape index (κ2) is 17.9. The van der Waals surface area contributed by atoms with Crippen molar-refractivity contribution in [1.29, 1.82) is 0 Å². The number of benzene rings is 11. The van der Waals surface area contributed by atoms with Crippen LogP contribution in [0, 0.1) is 0 Å². The Morgan fingerprint density at radius 3 is 1.63 bits per heavy atom. The Morgan fingerprint density at radius 2 is 0.893 bits per heavy atom. The molecule has 0 spiro atoms. The largest absolute Gasteiger partial charge is 0.456 e. The molecule has 0 unspecified atom stereocenters. The van der Waals surface area contributed by atoms with E-state index in [1.165, 1.54) is 66.0 Å². The summed E-state index contributed by atoms with van der Waals surface area (Å²) in [5, 5.41) is 7.14. The molecule has 0 aliphatic heterocycles. The molecule has 0 aliphatic carbocycles. The smallest absolute Gasteiger partial charge is 0.135 e. The molecule has 0 saturated carbocycles. The van der Waals surface area contributed by atoms with Crippen molar-refractivity contribution in [1.82, 2.24) is 4.57 Å². The van der Waals surface area contributed by atoms with Crippen LogP contribution in [-0.4, -0.2) is 4.57 Å². The normalized spacial score (nSPS) is 12.1. The van der Waals surface area contributed by atoms with Crippen molar-refractivity contribution in [2.24, 2.45) is 0 Å². The second-order valence-corrected chi connectivity index (χ2v) is 22.2. The van der Waals surface area contributed by atoms with Crippen molar-refractivity contribution in [3.8, 4) is 50.2 Å². The van der Waals surface area contributed by atoms with Gasteiger partial charge in [-0.2, -0.15) is 0 Å². The molecule has 0 radical (unpaired) electrons.